The lowest BCUT2D eigenvalue weighted by Crippen LogP contribution is -2.57. The van der Waals surface area contributed by atoms with Gasteiger partial charge in [-0.05, 0) is 26.9 Å². The van der Waals surface area contributed by atoms with Crippen molar-refractivity contribution in [3.8, 4) is 0 Å². The second-order valence-corrected chi connectivity index (χ2v) is 5.38. The monoisotopic (exact) mass is 251 g/mol. The summed E-state index contributed by atoms with van der Waals surface area (Å²) in [7, 11) is 5.73. The van der Waals surface area contributed by atoms with Gasteiger partial charge >= 0.3 is 0 Å². The summed E-state index contributed by atoms with van der Waals surface area (Å²) in [4.78, 5) is 29.6. The van der Waals surface area contributed by atoms with Crippen molar-refractivity contribution in [1.82, 2.24) is 14.7 Å². The molecule has 2 fully saturated rings. The predicted octanol–water partition coefficient (Wildman–Crippen LogP) is -0.0642. The van der Waals surface area contributed by atoms with E-state index < -0.39 is 0 Å². The minimum absolute atomic E-state index is 0.0224. The highest BCUT2D eigenvalue weighted by Gasteiger charge is 2.45. The topological polar surface area (TPSA) is 43.9 Å². The molecule has 2 saturated heterocycles. The summed E-state index contributed by atoms with van der Waals surface area (Å²) in [5, 5.41) is 0. The van der Waals surface area contributed by atoms with Crippen molar-refractivity contribution in [3.05, 3.63) is 12.2 Å². The van der Waals surface area contributed by atoms with Gasteiger partial charge in [-0.2, -0.15) is 0 Å². The van der Waals surface area contributed by atoms with E-state index in [-0.39, 0.29) is 23.9 Å². The van der Waals surface area contributed by atoms with Crippen LogP contribution in [0.15, 0.2) is 12.2 Å². The van der Waals surface area contributed by atoms with Crippen LogP contribution in [0.4, 0.5) is 0 Å². The van der Waals surface area contributed by atoms with E-state index in [4.69, 9.17) is 0 Å². The number of hydrogen-bond donors (Lipinski definition) is 0. The van der Waals surface area contributed by atoms with Gasteiger partial charge in [0.05, 0.1) is 6.04 Å². The number of likely N-dealkylation sites (N-methyl/N-ethyl adjacent to an activating group) is 2. The Morgan fingerprint density at radius 1 is 1.44 bits per heavy atom. The van der Waals surface area contributed by atoms with Gasteiger partial charge in [-0.1, -0.05) is 6.08 Å². The van der Waals surface area contributed by atoms with Crippen LogP contribution in [-0.2, 0) is 9.59 Å². The number of fused-ring (bicyclic) bond motifs is 2. The number of amides is 2. The van der Waals surface area contributed by atoms with Gasteiger partial charge in [-0.25, -0.2) is 0 Å². The van der Waals surface area contributed by atoms with Crippen LogP contribution < -0.4 is 0 Å². The van der Waals surface area contributed by atoms with Crippen molar-refractivity contribution < 1.29 is 9.59 Å². The average Bonchev–Trinajstić information content (AvgIpc) is 2.64. The molecule has 0 saturated carbocycles. The molecular formula is C13H21N3O2. The van der Waals surface area contributed by atoms with Gasteiger partial charge in [0.15, 0.2) is 0 Å². The fourth-order valence-corrected chi connectivity index (χ4v) is 2.75. The van der Waals surface area contributed by atoms with Gasteiger partial charge in [0.1, 0.15) is 6.04 Å². The first-order valence-electron chi connectivity index (χ1n) is 6.39. The maximum atomic E-state index is 12.1. The molecule has 0 aromatic heterocycles. The number of likely N-dealkylation sites (tertiary alicyclic amines) is 1. The van der Waals surface area contributed by atoms with Crippen molar-refractivity contribution in [3.63, 3.8) is 0 Å². The van der Waals surface area contributed by atoms with Crippen LogP contribution in [0.25, 0.3) is 0 Å². The van der Waals surface area contributed by atoms with Crippen molar-refractivity contribution in [2.24, 2.45) is 0 Å². The van der Waals surface area contributed by atoms with Crippen LogP contribution in [0.2, 0.25) is 0 Å². The Kier molecular flexibility index (Phi) is 3.71. The lowest BCUT2D eigenvalue weighted by molar-refractivity contribution is -0.147. The van der Waals surface area contributed by atoms with Crippen molar-refractivity contribution in [1.29, 1.82) is 0 Å². The largest absolute Gasteiger partial charge is 0.342 e. The van der Waals surface area contributed by atoms with Gasteiger partial charge < -0.3 is 14.7 Å². The summed E-state index contributed by atoms with van der Waals surface area (Å²) < 4.78 is 0. The van der Waals surface area contributed by atoms with E-state index in [9.17, 15) is 9.59 Å². The Labute approximate surface area is 108 Å². The first kappa shape index (κ1) is 13.1. The van der Waals surface area contributed by atoms with E-state index in [1.165, 1.54) is 0 Å². The Hall–Kier alpha value is -1.36. The molecule has 100 valence electrons. The van der Waals surface area contributed by atoms with Crippen LogP contribution in [-0.4, -0.2) is 72.8 Å². The number of hydrogen-bond acceptors (Lipinski definition) is 3. The summed E-state index contributed by atoms with van der Waals surface area (Å²) >= 11 is 0. The zero-order valence-corrected chi connectivity index (χ0v) is 11.3. The lowest BCUT2D eigenvalue weighted by atomic mass is 10.2. The molecule has 0 aromatic rings. The number of carbonyl (C=O) groups excluding carboxylic acids is 2. The zero-order chi connectivity index (χ0) is 13.3. The third-order valence-electron chi connectivity index (χ3n) is 3.63. The predicted molar refractivity (Wildman–Crippen MR) is 69.0 cm³/mol. The number of piperazine rings is 1. The molecule has 0 aromatic carbocycles. The quantitative estimate of drug-likeness (QED) is 0.660. The molecule has 2 atom stereocenters. The highest BCUT2D eigenvalue weighted by Crippen LogP contribution is 2.30. The van der Waals surface area contributed by atoms with Crippen molar-refractivity contribution in [2.75, 3.05) is 34.2 Å². The number of carbonyl (C=O) groups is 2. The first-order chi connectivity index (χ1) is 8.50. The molecule has 2 aliphatic heterocycles. The van der Waals surface area contributed by atoms with Gasteiger partial charge in [0, 0.05) is 26.2 Å². The molecule has 2 amide bonds. The molecule has 2 rings (SSSR count). The summed E-state index contributed by atoms with van der Waals surface area (Å²) in [6.07, 6.45) is 5.20. The molecule has 0 spiro atoms. The normalized spacial score (nSPS) is 27.7. The van der Waals surface area contributed by atoms with Gasteiger partial charge in [0.2, 0.25) is 11.8 Å². The molecule has 5 heteroatoms. The first-order valence-corrected chi connectivity index (χ1v) is 6.39. The minimum atomic E-state index is -0.231. The molecule has 0 aliphatic carbocycles. The smallest absolute Gasteiger partial charge is 0.247 e. The van der Waals surface area contributed by atoms with E-state index in [2.05, 4.69) is 0 Å². The third-order valence-corrected chi connectivity index (χ3v) is 3.63. The van der Waals surface area contributed by atoms with Gasteiger partial charge in [-0.15, -0.1) is 0 Å². The van der Waals surface area contributed by atoms with Crippen LogP contribution >= 0.6 is 0 Å². The Morgan fingerprint density at radius 3 is 2.83 bits per heavy atom. The molecule has 0 N–H and O–H groups in total. The molecule has 2 heterocycles. The van der Waals surface area contributed by atoms with E-state index in [1.54, 1.807) is 15.9 Å². The van der Waals surface area contributed by atoms with Crippen molar-refractivity contribution in [2.45, 2.75) is 24.9 Å². The van der Waals surface area contributed by atoms with Gasteiger partial charge in [0.25, 0.3) is 0 Å². The van der Waals surface area contributed by atoms with Gasteiger partial charge in [-0.3, -0.25) is 9.59 Å². The fourth-order valence-electron chi connectivity index (χ4n) is 2.75. The molecule has 5 nitrogen and oxygen atoms in total. The highest BCUT2D eigenvalue weighted by atomic mass is 16.2. The van der Waals surface area contributed by atoms with E-state index in [0.29, 0.717) is 6.54 Å². The number of nitrogens with zero attached hydrogens (tertiary/aromatic N) is 3. The standard InChI is InChI=1S/C13H21N3O2/c1-14(2)8-4-5-12(17)16-10-6-7-11(16)13(18)15(3)9-10/h4-5,10-11H,6-9H2,1-3H3/b5-4+. The maximum Gasteiger partial charge on any atom is 0.247 e. The Balaban J connectivity index is 2.03. The molecular weight excluding hydrogens is 230 g/mol. The lowest BCUT2D eigenvalue weighted by Gasteiger charge is -2.38. The second kappa shape index (κ2) is 5.10. The Morgan fingerprint density at radius 2 is 2.17 bits per heavy atom. The van der Waals surface area contributed by atoms with Crippen LogP contribution in [0.1, 0.15) is 12.8 Å². The van der Waals surface area contributed by atoms with E-state index >= 15 is 0 Å². The SMILES string of the molecule is CN(C)C/C=C/C(=O)N1C2CCC1C(=O)N(C)C2. The molecule has 2 aliphatic rings. The van der Waals surface area contributed by atoms with Crippen LogP contribution in [0.5, 0.6) is 0 Å². The van der Waals surface area contributed by atoms with Crippen LogP contribution in [0.3, 0.4) is 0 Å². The molecule has 2 bridgehead atoms. The highest BCUT2D eigenvalue weighted by molar-refractivity contribution is 5.94. The summed E-state index contributed by atoms with van der Waals surface area (Å²) in [6.45, 7) is 1.41. The minimum Gasteiger partial charge on any atom is -0.342 e. The van der Waals surface area contributed by atoms with E-state index in [0.717, 1.165) is 19.4 Å². The Bertz CT molecular complexity index is 378. The summed E-state index contributed by atoms with van der Waals surface area (Å²) in [5.41, 5.74) is 0. The third kappa shape index (κ3) is 2.41. The zero-order valence-electron chi connectivity index (χ0n) is 11.3. The average molecular weight is 251 g/mol. The summed E-state index contributed by atoms with van der Waals surface area (Å²) in [6, 6.07) is -0.0283. The second-order valence-electron chi connectivity index (χ2n) is 5.38. The molecule has 0 radical (unpaired) electrons. The van der Waals surface area contributed by atoms with Crippen LogP contribution in [0, 0.1) is 0 Å². The molecule has 2 unspecified atom stereocenters. The molecule has 18 heavy (non-hydrogen) atoms. The number of rotatable bonds is 3. The van der Waals surface area contributed by atoms with E-state index in [1.807, 2.05) is 32.1 Å². The maximum absolute atomic E-state index is 12.1. The summed E-state index contributed by atoms with van der Waals surface area (Å²) in [5.74, 6) is 0.0592. The van der Waals surface area contributed by atoms with Crippen molar-refractivity contribution >= 4 is 11.8 Å². The fraction of sp³-hybridized carbons (Fsp3) is 0.692.